The van der Waals surface area contributed by atoms with Gasteiger partial charge in [0.05, 0.1) is 11.4 Å². The molecule has 0 aliphatic heterocycles. The number of halogens is 1. The van der Waals surface area contributed by atoms with Crippen LogP contribution < -0.4 is 11.1 Å². The molecule has 0 saturated heterocycles. The Kier molecular flexibility index (Phi) is 3.14. The highest BCUT2D eigenvalue weighted by Crippen LogP contribution is 2.18. The maximum atomic E-state index is 11.8. The van der Waals surface area contributed by atoms with Gasteiger partial charge in [0.2, 0.25) is 0 Å². The molecule has 0 radical (unpaired) electrons. The number of anilines is 2. The smallest absolute Gasteiger partial charge is 0.291 e. The number of nitrogen functional groups attached to an aromatic ring is 1. The zero-order valence-corrected chi connectivity index (χ0v) is 10.6. The number of pyridine rings is 1. The Morgan fingerprint density at radius 3 is 2.76 bits per heavy atom. The predicted molar refractivity (Wildman–Crippen MR) is 67.7 cm³/mol. The van der Waals surface area contributed by atoms with E-state index in [2.05, 4.69) is 26.2 Å². The van der Waals surface area contributed by atoms with Crippen LogP contribution in [0.2, 0.25) is 0 Å². The van der Waals surface area contributed by atoms with Gasteiger partial charge in [0.25, 0.3) is 5.91 Å². The minimum atomic E-state index is -0.328. The maximum Gasteiger partial charge on any atom is 0.291 e. The number of hydrogen-bond donors (Lipinski definition) is 2. The van der Waals surface area contributed by atoms with Crippen LogP contribution in [0.5, 0.6) is 0 Å². The SMILES string of the molecule is Cc1nc(N)ccc1NC(=O)c1ccc(Br)o1. The molecule has 3 N–H and O–H groups in total. The average molecular weight is 296 g/mol. The van der Waals surface area contributed by atoms with Crippen LogP contribution in [0.1, 0.15) is 16.2 Å². The molecule has 0 aliphatic carbocycles. The Labute approximate surface area is 106 Å². The van der Waals surface area contributed by atoms with Gasteiger partial charge in [-0.15, -0.1) is 0 Å². The molecule has 0 fully saturated rings. The molecule has 0 aliphatic rings. The number of nitrogens with zero attached hydrogens (tertiary/aromatic N) is 1. The summed E-state index contributed by atoms with van der Waals surface area (Å²) in [5, 5.41) is 2.70. The van der Waals surface area contributed by atoms with Crippen molar-refractivity contribution in [1.82, 2.24) is 4.98 Å². The van der Waals surface area contributed by atoms with Crippen molar-refractivity contribution < 1.29 is 9.21 Å². The van der Waals surface area contributed by atoms with Gasteiger partial charge in [0, 0.05) is 0 Å². The molecule has 0 spiro atoms. The molecule has 2 heterocycles. The van der Waals surface area contributed by atoms with Crippen molar-refractivity contribution in [2.24, 2.45) is 0 Å². The van der Waals surface area contributed by atoms with Crippen molar-refractivity contribution in [2.75, 3.05) is 11.1 Å². The highest BCUT2D eigenvalue weighted by Gasteiger charge is 2.12. The Morgan fingerprint density at radius 1 is 1.41 bits per heavy atom. The third-order valence-corrected chi connectivity index (χ3v) is 2.58. The van der Waals surface area contributed by atoms with Crippen molar-refractivity contribution in [3.05, 3.63) is 40.4 Å². The molecule has 5 nitrogen and oxygen atoms in total. The van der Waals surface area contributed by atoms with E-state index in [0.717, 1.165) is 0 Å². The molecule has 0 aromatic carbocycles. The van der Waals surface area contributed by atoms with Crippen molar-refractivity contribution in [3.63, 3.8) is 0 Å². The van der Waals surface area contributed by atoms with Crippen LogP contribution >= 0.6 is 15.9 Å². The zero-order chi connectivity index (χ0) is 12.4. The lowest BCUT2D eigenvalue weighted by Crippen LogP contribution is -2.12. The lowest BCUT2D eigenvalue weighted by molar-refractivity contribution is 0.0995. The van der Waals surface area contributed by atoms with Crippen molar-refractivity contribution in [3.8, 4) is 0 Å². The number of amides is 1. The number of rotatable bonds is 2. The Hall–Kier alpha value is -1.82. The van der Waals surface area contributed by atoms with E-state index in [4.69, 9.17) is 10.2 Å². The number of nitrogens with one attached hydrogen (secondary N) is 1. The molecule has 17 heavy (non-hydrogen) atoms. The molecule has 0 atom stereocenters. The minimum Gasteiger partial charge on any atom is -0.444 e. The summed E-state index contributed by atoms with van der Waals surface area (Å²) in [5.41, 5.74) is 6.79. The number of nitrogens with two attached hydrogens (primary N) is 1. The van der Waals surface area contributed by atoms with Crippen molar-refractivity contribution in [2.45, 2.75) is 6.92 Å². The van der Waals surface area contributed by atoms with Crippen LogP contribution in [0.4, 0.5) is 11.5 Å². The largest absolute Gasteiger partial charge is 0.444 e. The number of aromatic nitrogens is 1. The van der Waals surface area contributed by atoms with E-state index < -0.39 is 0 Å². The summed E-state index contributed by atoms with van der Waals surface area (Å²) < 4.78 is 5.65. The summed E-state index contributed by atoms with van der Waals surface area (Å²) >= 11 is 3.13. The van der Waals surface area contributed by atoms with E-state index in [-0.39, 0.29) is 11.7 Å². The van der Waals surface area contributed by atoms with E-state index in [1.807, 2.05) is 0 Å². The van der Waals surface area contributed by atoms with Crippen LogP contribution in [0.15, 0.2) is 33.4 Å². The summed E-state index contributed by atoms with van der Waals surface area (Å²) in [5.74, 6) is 0.319. The number of furan rings is 1. The normalized spacial score (nSPS) is 10.2. The first kappa shape index (κ1) is 11.7. The second-order valence-electron chi connectivity index (χ2n) is 3.43. The molecule has 2 aromatic heterocycles. The fourth-order valence-corrected chi connectivity index (χ4v) is 1.64. The van der Waals surface area contributed by atoms with Crippen LogP contribution in [-0.2, 0) is 0 Å². The molecule has 88 valence electrons. The monoisotopic (exact) mass is 295 g/mol. The fraction of sp³-hybridized carbons (Fsp3) is 0.0909. The topological polar surface area (TPSA) is 81.1 Å². The third-order valence-electron chi connectivity index (χ3n) is 2.15. The van der Waals surface area contributed by atoms with Crippen LogP contribution in [-0.4, -0.2) is 10.9 Å². The first-order valence-electron chi connectivity index (χ1n) is 4.86. The second kappa shape index (κ2) is 4.58. The Morgan fingerprint density at radius 2 is 2.18 bits per heavy atom. The van der Waals surface area contributed by atoms with Gasteiger partial charge in [-0.05, 0) is 47.1 Å². The average Bonchev–Trinajstić information content (AvgIpc) is 2.69. The fourth-order valence-electron chi connectivity index (χ4n) is 1.33. The molecule has 2 aromatic rings. The first-order chi connectivity index (χ1) is 8.06. The van der Waals surface area contributed by atoms with Gasteiger partial charge in [0.1, 0.15) is 5.82 Å². The highest BCUT2D eigenvalue weighted by atomic mass is 79.9. The van der Waals surface area contributed by atoms with Crippen LogP contribution in [0.3, 0.4) is 0 Å². The molecule has 0 saturated carbocycles. The van der Waals surface area contributed by atoms with Gasteiger partial charge in [-0.2, -0.15) is 0 Å². The summed E-state index contributed by atoms with van der Waals surface area (Å²) in [6.45, 7) is 1.77. The summed E-state index contributed by atoms with van der Waals surface area (Å²) in [7, 11) is 0. The summed E-state index contributed by atoms with van der Waals surface area (Å²) in [6.07, 6.45) is 0. The highest BCUT2D eigenvalue weighted by molar-refractivity contribution is 9.10. The van der Waals surface area contributed by atoms with Gasteiger partial charge in [-0.25, -0.2) is 4.98 Å². The van der Waals surface area contributed by atoms with Gasteiger partial charge in [-0.3, -0.25) is 4.79 Å². The molecular weight excluding hydrogens is 286 g/mol. The Balaban J connectivity index is 2.18. The molecule has 1 amide bonds. The Bertz CT molecular complexity index is 566. The van der Waals surface area contributed by atoms with Crippen molar-refractivity contribution >= 4 is 33.3 Å². The minimum absolute atomic E-state index is 0.230. The number of hydrogen-bond acceptors (Lipinski definition) is 4. The quantitative estimate of drug-likeness (QED) is 0.892. The standard InChI is InChI=1S/C11H10BrN3O2/c1-6-7(2-5-10(13)14-6)15-11(16)8-3-4-9(12)17-8/h2-5H,1H3,(H2,13,14)(H,15,16). The molecule has 2 rings (SSSR count). The van der Waals surface area contributed by atoms with Crippen LogP contribution in [0, 0.1) is 6.92 Å². The molecular formula is C11H10BrN3O2. The van der Waals surface area contributed by atoms with Crippen molar-refractivity contribution in [1.29, 1.82) is 0 Å². The molecule has 6 heteroatoms. The lowest BCUT2D eigenvalue weighted by Gasteiger charge is -2.06. The van der Waals surface area contributed by atoms with E-state index in [9.17, 15) is 4.79 Å². The number of carbonyl (C=O) groups excluding carboxylic acids is 1. The lowest BCUT2D eigenvalue weighted by atomic mass is 10.3. The van der Waals surface area contributed by atoms with E-state index in [1.165, 1.54) is 0 Å². The zero-order valence-electron chi connectivity index (χ0n) is 9.03. The van der Waals surface area contributed by atoms with Gasteiger partial charge < -0.3 is 15.5 Å². The van der Waals surface area contributed by atoms with E-state index >= 15 is 0 Å². The molecule has 0 bridgehead atoms. The van der Waals surface area contributed by atoms with Gasteiger partial charge in [0.15, 0.2) is 10.4 Å². The predicted octanol–water partition coefficient (Wildman–Crippen LogP) is 2.58. The third kappa shape index (κ3) is 2.65. The second-order valence-corrected chi connectivity index (χ2v) is 4.21. The number of carbonyl (C=O) groups is 1. The first-order valence-corrected chi connectivity index (χ1v) is 5.65. The summed E-state index contributed by atoms with van der Waals surface area (Å²) in [4.78, 5) is 15.8. The summed E-state index contributed by atoms with van der Waals surface area (Å²) in [6, 6.07) is 6.57. The molecule has 0 unspecified atom stereocenters. The number of aryl methyl sites for hydroxylation is 1. The maximum absolute atomic E-state index is 11.8. The van der Waals surface area contributed by atoms with E-state index in [0.29, 0.717) is 21.9 Å². The van der Waals surface area contributed by atoms with Gasteiger partial charge in [-0.1, -0.05) is 0 Å². The van der Waals surface area contributed by atoms with E-state index in [1.54, 1.807) is 31.2 Å². The van der Waals surface area contributed by atoms with Crippen LogP contribution in [0.25, 0.3) is 0 Å². The van der Waals surface area contributed by atoms with Gasteiger partial charge >= 0.3 is 0 Å².